The SMILES string of the molecule is COc1cc(C(F)(F)F)c(F)cc1-c1oc(C(O)C2CCCN(C(=O)OC(C)(C)C)C2)cc1C. The van der Waals surface area contributed by atoms with E-state index in [9.17, 15) is 27.5 Å². The molecule has 6 nitrogen and oxygen atoms in total. The molecule has 1 aromatic heterocycles. The van der Waals surface area contributed by atoms with E-state index in [0.717, 1.165) is 0 Å². The molecule has 3 rings (SSSR count). The summed E-state index contributed by atoms with van der Waals surface area (Å²) in [5.41, 5.74) is -1.60. The molecule has 0 saturated carbocycles. The van der Waals surface area contributed by atoms with Crippen molar-refractivity contribution in [3.63, 3.8) is 0 Å². The lowest BCUT2D eigenvalue weighted by Gasteiger charge is -2.35. The third-order valence-electron chi connectivity index (χ3n) is 5.62. The largest absolute Gasteiger partial charge is 0.496 e. The zero-order valence-corrected chi connectivity index (χ0v) is 19.8. The predicted octanol–water partition coefficient (Wildman–Crippen LogP) is 6.10. The third-order valence-corrected chi connectivity index (χ3v) is 5.62. The lowest BCUT2D eigenvalue weighted by molar-refractivity contribution is -0.140. The Bertz CT molecular complexity index is 1040. The molecule has 1 aliphatic rings. The summed E-state index contributed by atoms with van der Waals surface area (Å²) in [5, 5.41) is 11.0. The molecule has 10 heteroatoms. The van der Waals surface area contributed by atoms with Crippen molar-refractivity contribution in [3.05, 3.63) is 40.9 Å². The van der Waals surface area contributed by atoms with Gasteiger partial charge in [0.15, 0.2) is 0 Å². The van der Waals surface area contributed by atoms with Crippen LogP contribution in [-0.2, 0) is 10.9 Å². The van der Waals surface area contributed by atoms with E-state index in [1.807, 2.05) is 0 Å². The molecule has 188 valence electrons. The molecule has 34 heavy (non-hydrogen) atoms. The van der Waals surface area contributed by atoms with E-state index < -0.39 is 35.4 Å². The average Bonchev–Trinajstić information content (AvgIpc) is 3.12. The highest BCUT2D eigenvalue weighted by Gasteiger charge is 2.37. The van der Waals surface area contributed by atoms with Gasteiger partial charge in [-0.1, -0.05) is 0 Å². The minimum atomic E-state index is -4.88. The number of benzene rings is 1. The van der Waals surface area contributed by atoms with E-state index in [1.54, 1.807) is 33.8 Å². The molecule has 0 radical (unpaired) electrons. The summed E-state index contributed by atoms with van der Waals surface area (Å²) in [7, 11) is 1.18. The molecule has 0 aliphatic carbocycles. The Kier molecular flexibility index (Phi) is 7.21. The van der Waals surface area contributed by atoms with Crippen molar-refractivity contribution in [3.8, 4) is 17.1 Å². The van der Waals surface area contributed by atoms with Crippen molar-refractivity contribution in [2.75, 3.05) is 20.2 Å². The Labute approximate surface area is 195 Å². The van der Waals surface area contributed by atoms with Crippen molar-refractivity contribution < 1.29 is 41.4 Å². The van der Waals surface area contributed by atoms with Crippen molar-refractivity contribution in [2.45, 2.75) is 58.4 Å². The second kappa shape index (κ2) is 9.48. The Morgan fingerprint density at radius 3 is 2.50 bits per heavy atom. The number of carbonyl (C=O) groups is 1. The fourth-order valence-electron chi connectivity index (χ4n) is 4.03. The number of aliphatic hydroxyl groups excluding tert-OH is 1. The minimum absolute atomic E-state index is 0.00276. The molecule has 1 amide bonds. The van der Waals surface area contributed by atoms with E-state index >= 15 is 0 Å². The summed E-state index contributed by atoms with van der Waals surface area (Å²) in [6.07, 6.45) is -5.14. The zero-order valence-electron chi connectivity index (χ0n) is 19.8. The molecule has 2 aromatic rings. The van der Waals surface area contributed by atoms with E-state index in [2.05, 4.69) is 0 Å². The molecule has 1 aromatic carbocycles. The van der Waals surface area contributed by atoms with Gasteiger partial charge >= 0.3 is 12.3 Å². The van der Waals surface area contributed by atoms with Gasteiger partial charge in [0.05, 0.1) is 18.2 Å². The van der Waals surface area contributed by atoms with Gasteiger partial charge in [0.1, 0.15) is 34.8 Å². The van der Waals surface area contributed by atoms with Gasteiger partial charge in [-0.2, -0.15) is 13.2 Å². The number of alkyl halides is 3. The van der Waals surface area contributed by atoms with Crippen molar-refractivity contribution in [2.24, 2.45) is 5.92 Å². The predicted molar refractivity (Wildman–Crippen MR) is 116 cm³/mol. The van der Waals surface area contributed by atoms with Gasteiger partial charge in [-0.15, -0.1) is 0 Å². The molecule has 0 spiro atoms. The maximum atomic E-state index is 14.3. The van der Waals surface area contributed by atoms with E-state index in [4.69, 9.17) is 13.9 Å². The minimum Gasteiger partial charge on any atom is -0.496 e. The number of rotatable bonds is 4. The van der Waals surface area contributed by atoms with Crippen LogP contribution in [-0.4, -0.2) is 41.9 Å². The number of nitrogens with zero attached hydrogens (tertiary/aromatic N) is 1. The number of hydrogen-bond acceptors (Lipinski definition) is 5. The number of methoxy groups -OCH3 is 1. The van der Waals surface area contributed by atoms with Crippen LogP contribution in [0, 0.1) is 18.7 Å². The van der Waals surface area contributed by atoms with Crippen molar-refractivity contribution in [1.82, 2.24) is 4.90 Å². The van der Waals surface area contributed by atoms with Gasteiger partial charge in [0, 0.05) is 19.0 Å². The second-order valence-electron chi connectivity index (χ2n) is 9.46. The van der Waals surface area contributed by atoms with Gasteiger partial charge in [-0.25, -0.2) is 9.18 Å². The first-order valence-corrected chi connectivity index (χ1v) is 10.9. The third kappa shape index (κ3) is 5.65. The highest BCUT2D eigenvalue weighted by atomic mass is 19.4. The van der Waals surface area contributed by atoms with Crippen LogP contribution in [0.2, 0.25) is 0 Å². The fraction of sp³-hybridized carbons (Fsp3) is 0.542. The summed E-state index contributed by atoms with van der Waals surface area (Å²) in [4.78, 5) is 14.0. The normalized spacial score (nSPS) is 18.1. The number of aliphatic hydroxyl groups is 1. The molecule has 2 atom stereocenters. The Hall–Kier alpha value is -2.75. The topological polar surface area (TPSA) is 72.1 Å². The maximum Gasteiger partial charge on any atom is 0.419 e. The Balaban J connectivity index is 1.86. The standard InChI is InChI=1S/C24H29F4NO5/c1-13-9-19(20(30)14-7-6-8-29(12-14)22(31)34-23(2,3)4)33-21(13)15-10-17(25)16(24(26,27)28)11-18(15)32-5/h9-11,14,20,30H,6-8,12H2,1-5H3. The number of likely N-dealkylation sites (tertiary alicyclic amines) is 1. The summed E-state index contributed by atoms with van der Waals surface area (Å²) >= 11 is 0. The summed E-state index contributed by atoms with van der Waals surface area (Å²) in [5.74, 6) is -1.74. The lowest BCUT2D eigenvalue weighted by atomic mass is 9.91. The first-order chi connectivity index (χ1) is 15.7. The smallest absolute Gasteiger partial charge is 0.419 e. The van der Waals surface area contributed by atoms with Crippen molar-refractivity contribution >= 4 is 6.09 Å². The quantitative estimate of drug-likeness (QED) is 0.528. The van der Waals surface area contributed by atoms with Crippen LogP contribution < -0.4 is 4.74 Å². The average molecular weight is 487 g/mol. The Morgan fingerprint density at radius 1 is 1.24 bits per heavy atom. The van der Waals surface area contributed by atoms with Crippen molar-refractivity contribution in [1.29, 1.82) is 0 Å². The number of piperidine rings is 1. The monoisotopic (exact) mass is 487 g/mol. The molecule has 1 aliphatic heterocycles. The molecular weight excluding hydrogens is 458 g/mol. The summed E-state index contributed by atoms with van der Waals surface area (Å²) in [6, 6.07) is 2.86. The first kappa shape index (κ1) is 25.9. The van der Waals surface area contributed by atoms with Crippen LogP contribution in [0.15, 0.2) is 22.6 Å². The van der Waals surface area contributed by atoms with Crippen LogP contribution in [0.5, 0.6) is 5.75 Å². The molecule has 1 saturated heterocycles. The van der Waals surface area contributed by atoms with E-state index in [0.29, 0.717) is 37.1 Å². The number of furan rings is 1. The molecule has 0 bridgehead atoms. The maximum absolute atomic E-state index is 14.3. The zero-order chi connectivity index (χ0) is 25.4. The van der Waals surface area contributed by atoms with Gasteiger partial charge < -0.3 is 23.9 Å². The fourth-order valence-corrected chi connectivity index (χ4v) is 4.03. The van der Waals surface area contributed by atoms with Crippen LogP contribution in [0.4, 0.5) is 22.4 Å². The van der Waals surface area contributed by atoms with Crippen LogP contribution in [0.3, 0.4) is 0 Å². The highest BCUT2D eigenvalue weighted by Crippen LogP contribution is 2.42. The van der Waals surface area contributed by atoms with Gasteiger partial charge in [-0.05, 0) is 64.3 Å². The molecular formula is C24H29F4NO5. The number of halogens is 4. The molecule has 2 heterocycles. The number of carbonyl (C=O) groups excluding carboxylic acids is 1. The Morgan fingerprint density at radius 2 is 1.91 bits per heavy atom. The molecule has 1 fully saturated rings. The summed E-state index contributed by atoms with van der Waals surface area (Å²) < 4.78 is 69.8. The number of hydrogen-bond donors (Lipinski definition) is 1. The number of amides is 1. The number of aryl methyl sites for hydroxylation is 1. The van der Waals surface area contributed by atoms with E-state index in [1.165, 1.54) is 12.0 Å². The number of ether oxygens (including phenoxy) is 2. The summed E-state index contributed by atoms with van der Waals surface area (Å²) in [6.45, 7) is 7.70. The highest BCUT2D eigenvalue weighted by molar-refractivity contribution is 5.70. The molecule has 2 unspecified atom stereocenters. The van der Waals surface area contributed by atoms with Gasteiger partial charge in [0.2, 0.25) is 0 Å². The van der Waals surface area contributed by atoms with Gasteiger partial charge in [-0.3, -0.25) is 0 Å². The second-order valence-corrected chi connectivity index (χ2v) is 9.46. The van der Waals surface area contributed by atoms with Crippen LogP contribution in [0.25, 0.3) is 11.3 Å². The van der Waals surface area contributed by atoms with Crippen LogP contribution >= 0.6 is 0 Å². The van der Waals surface area contributed by atoms with Crippen LogP contribution in [0.1, 0.15) is 56.6 Å². The van der Waals surface area contributed by atoms with E-state index in [-0.39, 0.29) is 35.3 Å². The lowest BCUT2D eigenvalue weighted by Crippen LogP contribution is -2.44. The molecule has 1 N–H and O–H groups in total. The van der Waals surface area contributed by atoms with Gasteiger partial charge in [0.25, 0.3) is 0 Å². The first-order valence-electron chi connectivity index (χ1n) is 10.9.